The molecule has 144 valence electrons. The number of hydrogen-bond donors (Lipinski definition) is 2. The molecule has 2 N–H and O–H groups in total. The van der Waals surface area contributed by atoms with E-state index < -0.39 is 0 Å². The van der Waals surface area contributed by atoms with Crippen LogP contribution in [0.5, 0.6) is 5.75 Å². The summed E-state index contributed by atoms with van der Waals surface area (Å²) >= 11 is 6.05. The Morgan fingerprint density at radius 1 is 1.07 bits per heavy atom. The summed E-state index contributed by atoms with van der Waals surface area (Å²) in [4.78, 5) is 11.3. The van der Waals surface area contributed by atoms with Crippen LogP contribution >= 0.6 is 11.6 Å². The number of phenols is 1. The van der Waals surface area contributed by atoms with E-state index in [4.69, 9.17) is 11.6 Å². The molecule has 3 heterocycles. The van der Waals surface area contributed by atoms with Crippen molar-refractivity contribution in [2.45, 2.75) is 18.7 Å². The van der Waals surface area contributed by atoms with Crippen LogP contribution in [0.4, 0.5) is 5.82 Å². The zero-order valence-corrected chi connectivity index (χ0v) is 16.0. The maximum atomic E-state index is 10.6. The number of halogens is 1. The first-order valence-corrected chi connectivity index (χ1v) is 9.76. The maximum absolute atomic E-state index is 10.6. The molecular weight excluding hydrogens is 364 g/mol. The van der Waals surface area contributed by atoms with Gasteiger partial charge in [-0.05, 0) is 30.3 Å². The molecule has 7 heteroatoms. The topological polar surface area (TPSA) is 63.1 Å². The molecule has 2 aromatic rings. The van der Waals surface area contributed by atoms with Gasteiger partial charge in [0, 0.05) is 68.6 Å². The van der Waals surface area contributed by atoms with E-state index in [2.05, 4.69) is 19.7 Å². The number of benzene rings is 1. The summed E-state index contributed by atoms with van der Waals surface area (Å²) in [6, 6.07) is 11.2. The number of aromatic hydroxyl groups is 1. The lowest BCUT2D eigenvalue weighted by atomic mass is 10.1. The molecule has 0 amide bonds. The second kappa shape index (κ2) is 8.02. The molecule has 2 aliphatic heterocycles. The molecule has 2 atom stereocenters. The molecule has 2 aliphatic rings. The van der Waals surface area contributed by atoms with Gasteiger partial charge >= 0.3 is 0 Å². The number of nitrogens with zero attached hydrogens (tertiary/aromatic N) is 4. The summed E-state index contributed by atoms with van der Waals surface area (Å²) in [7, 11) is 0. The summed E-state index contributed by atoms with van der Waals surface area (Å²) in [5, 5.41) is 21.3. The quantitative estimate of drug-likeness (QED) is 0.833. The average molecular weight is 389 g/mol. The Morgan fingerprint density at radius 3 is 2.63 bits per heavy atom. The summed E-state index contributed by atoms with van der Waals surface area (Å²) in [6.45, 7) is 5.63. The van der Waals surface area contributed by atoms with Crippen LogP contribution in [0, 0.1) is 0 Å². The van der Waals surface area contributed by atoms with E-state index in [-0.39, 0.29) is 17.9 Å². The van der Waals surface area contributed by atoms with Gasteiger partial charge in [0.2, 0.25) is 0 Å². The number of pyridine rings is 1. The second-order valence-corrected chi connectivity index (χ2v) is 7.75. The number of aromatic nitrogens is 1. The van der Waals surface area contributed by atoms with Crippen LogP contribution in [0.3, 0.4) is 0 Å². The van der Waals surface area contributed by atoms with E-state index >= 15 is 0 Å². The third kappa shape index (κ3) is 4.19. The average Bonchev–Trinajstić information content (AvgIpc) is 3.06. The zero-order chi connectivity index (χ0) is 18.8. The molecule has 0 saturated carbocycles. The van der Waals surface area contributed by atoms with Crippen molar-refractivity contribution in [2.24, 2.45) is 0 Å². The Labute approximate surface area is 164 Å². The predicted octanol–water partition coefficient (Wildman–Crippen LogP) is 1.81. The van der Waals surface area contributed by atoms with Crippen molar-refractivity contribution in [2.75, 3.05) is 44.2 Å². The Kier molecular flexibility index (Phi) is 5.50. The largest absolute Gasteiger partial charge is 0.508 e. The van der Waals surface area contributed by atoms with E-state index in [9.17, 15) is 10.2 Å². The van der Waals surface area contributed by atoms with Crippen molar-refractivity contribution >= 4 is 17.4 Å². The van der Waals surface area contributed by atoms with Crippen molar-refractivity contribution < 1.29 is 10.2 Å². The van der Waals surface area contributed by atoms with Crippen LogP contribution in [0.1, 0.15) is 5.56 Å². The fourth-order valence-corrected chi connectivity index (χ4v) is 4.27. The SMILES string of the molecule is Oc1ccc(Cl)cc1CN1C[C@H](O)[C@@H](N2CCN(c3ccccn3)CC2)C1. The number of likely N-dealkylation sites (tertiary alicyclic amines) is 1. The van der Waals surface area contributed by atoms with Gasteiger partial charge in [-0.3, -0.25) is 9.80 Å². The number of phenolic OH excluding ortho intramolecular Hbond substituents is 1. The standard InChI is InChI=1S/C20H25ClN4O2/c21-16-4-5-18(26)15(11-16)12-23-13-17(19(27)14-23)24-7-9-25(10-8-24)20-3-1-2-6-22-20/h1-6,11,17,19,26-27H,7-10,12-14H2/t17-,19-/m0/s1. The molecule has 0 spiro atoms. The number of aliphatic hydroxyl groups is 1. The van der Waals surface area contributed by atoms with Crippen LogP contribution < -0.4 is 4.90 Å². The molecule has 2 fully saturated rings. The van der Waals surface area contributed by atoms with Crippen molar-refractivity contribution in [3.8, 4) is 5.75 Å². The van der Waals surface area contributed by atoms with Crippen molar-refractivity contribution in [1.29, 1.82) is 0 Å². The minimum atomic E-state index is -0.382. The minimum absolute atomic E-state index is 0.122. The molecule has 0 unspecified atom stereocenters. The third-order valence-corrected chi connectivity index (χ3v) is 5.76. The van der Waals surface area contributed by atoms with E-state index in [1.165, 1.54) is 0 Å². The molecule has 1 aromatic heterocycles. The van der Waals surface area contributed by atoms with Crippen LogP contribution in [0.15, 0.2) is 42.6 Å². The highest BCUT2D eigenvalue weighted by Gasteiger charge is 2.37. The van der Waals surface area contributed by atoms with Crippen LogP contribution in [-0.2, 0) is 6.54 Å². The highest BCUT2D eigenvalue weighted by molar-refractivity contribution is 6.30. The Morgan fingerprint density at radius 2 is 1.89 bits per heavy atom. The molecule has 0 aliphatic carbocycles. The molecule has 4 rings (SSSR count). The predicted molar refractivity (Wildman–Crippen MR) is 106 cm³/mol. The van der Waals surface area contributed by atoms with Gasteiger partial charge < -0.3 is 15.1 Å². The molecule has 6 nitrogen and oxygen atoms in total. The van der Waals surface area contributed by atoms with E-state index in [1.54, 1.807) is 18.2 Å². The molecule has 27 heavy (non-hydrogen) atoms. The summed E-state index contributed by atoms with van der Waals surface area (Å²) in [6.07, 6.45) is 1.44. The smallest absolute Gasteiger partial charge is 0.128 e. The maximum Gasteiger partial charge on any atom is 0.128 e. The van der Waals surface area contributed by atoms with Gasteiger partial charge in [-0.2, -0.15) is 0 Å². The van der Waals surface area contributed by atoms with Gasteiger partial charge in [-0.25, -0.2) is 4.98 Å². The second-order valence-electron chi connectivity index (χ2n) is 7.31. The van der Waals surface area contributed by atoms with Gasteiger partial charge in [0.25, 0.3) is 0 Å². The first-order chi connectivity index (χ1) is 13.1. The Balaban J connectivity index is 1.34. The van der Waals surface area contributed by atoms with Crippen LogP contribution in [0.2, 0.25) is 5.02 Å². The number of aliphatic hydroxyl groups excluding tert-OH is 1. The molecule has 0 radical (unpaired) electrons. The monoisotopic (exact) mass is 388 g/mol. The van der Waals surface area contributed by atoms with Gasteiger partial charge in [0.05, 0.1) is 6.10 Å². The highest BCUT2D eigenvalue weighted by Crippen LogP contribution is 2.26. The van der Waals surface area contributed by atoms with Gasteiger partial charge in [-0.1, -0.05) is 17.7 Å². The Hall–Kier alpha value is -1.86. The third-order valence-electron chi connectivity index (χ3n) is 5.53. The number of hydrogen-bond acceptors (Lipinski definition) is 6. The molecule has 2 saturated heterocycles. The lowest BCUT2D eigenvalue weighted by Crippen LogP contribution is -2.53. The van der Waals surface area contributed by atoms with Gasteiger partial charge in [0.15, 0.2) is 0 Å². The molecular formula is C20H25ClN4O2. The van der Waals surface area contributed by atoms with E-state index in [0.29, 0.717) is 18.1 Å². The zero-order valence-electron chi connectivity index (χ0n) is 15.2. The van der Waals surface area contributed by atoms with E-state index in [1.807, 2.05) is 24.4 Å². The van der Waals surface area contributed by atoms with Gasteiger partial charge in [0.1, 0.15) is 11.6 Å². The number of β-amino-alcohol motifs (C(OH)–C–C–N with tert-alkyl or cyclic N) is 1. The first kappa shape index (κ1) is 18.5. The van der Waals surface area contributed by atoms with Crippen molar-refractivity contribution in [3.63, 3.8) is 0 Å². The highest BCUT2D eigenvalue weighted by atomic mass is 35.5. The number of rotatable bonds is 4. The first-order valence-electron chi connectivity index (χ1n) is 9.38. The number of piperazine rings is 1. The molecule has 0 bridgehead atoms. The van der Waals surface area contributed by atoms with E-state index in [0.717, 1.165) is 44.1 Å². The van der Waals surface area contributed by atoms with Crippen LogP contribution in [0.25, 0.3) is 0 Å². The van der Waals surface area contributed by atoms with Gasteiger partial charge in [-0.15, -0.1) is 0 Å². The van der Waals surface area contributed by atoms with Crippen molar-refractivity contribution in [3.05, 3.63) is 53.2 Å². The Bertz CT molecular complexity index is 768. The van der Waals surface area contributed by atoms with Crippen molar-refractivity contribution in [1.82, 2.24) is 14.8 Å². The lowest BCUT2D eigenvalue weighted by Gasteiger charge is -2.39. The fourth-order valence-electron chi connectivity index (χ4n) is 4.08. The lowest BCUT2D eigenvalue weighted by molar-refractivity contribution is 0.0790. The number of anilines is 1. The molecule has 1 aromatic carbocycles. The van der Waals surface area contributed by atoms with Crippen LogP contribution in [-0.4, -0.2) is 76.4 Å². The fraction of sp³-hybridized carbons (Fsp3) is 0.450. The summed E-state index contributed by atoms with van der Waals surface area (Å²) in [5.74, 6) is 1.27. The normalized spacial score (nSPS) is 24.4. The summed E-state index contributed by atoms with van der Waals surface area (Å²) in [5.41, 5.74) is 0.801. The minimum Gasteiger partial charge on any atom is -0.508 e. The summed E-state index contributed by atoms with van der Waals surface area (Å²) < 4.78 is 0.